The minimum atomic E-state index is -0.208. The van der Waals surface area contributed by atoms with Crippen molar-refractivity contribution in [1.82, 2.24) is 9.55 Å². The highest BCUT2D eigenvalue weighted by Crippen LogP contribution is 2.27. The molecule has 0 radical (unpaired) electrons. The Balaban J connectivity index is 1.59. The number of hydrogen-bond acceptors (Lipinski definition) is 3. The van der Waals surface area contributed by atoms with E-state index < -0.39 is 0 Å². The Morgan fingerprint density at radius 3 is 2.85 bits per heavy atom. The van der Waals surface area contributed by atoms with Crippen LogP contribution in [0.5, 0.6) is 0 Å². The first-order valence-corrected chi connectivity index (χ1v) is 8.99. The largest absolute Gasteiger partial charge is 0.324 e. The van der Waals surface area contributed by atoms with Gasteiger partial charge in [-0.05, 0) is 61.4 Å². The maximum atomic E-state index is 12.6. The molecule has 0 bridgehead atoms. The molecule has 5 heteroatoms. The van der Waals surface area contributed by atoms with E-state index in [0.717, 1.165) is 30.5 Å². The van der Waals surface area contributed by atoms with Crippen LogP contribution in [0.1, 0.15) is 29.5 Å². The standard InChI is InChI=1S/C21H21N3O2/c1-14-6-4-10-17-20(14)22-13-24(21(17)26)12-19(25)23-18-11-5-8-15-7-2-3-9-16(15)18/h4-6,8,10-11,13H,2-3,7,9,12H2,1H3,(H,23,25). The lowest BCUT2D eigenvalue weighted by Gasteiger charge is -2.19. The van der Waals surface area contributed by atoms with E-state index in [1.54, 1.807) is 6.07 Å². The van der Waals surface area contributed by atoms with E-state index in [0.29, 0.717) is 10.9 Å². The molecule has 0 atom stereocenters. The Hall–Kier alpha value is -2.95. The third kappa shape index (κ3) is 3.01. The van der Waals surface area contributed by atoms with Crippen molar-refractivity contribution >= 4 is 22.5 Å². The van der Waals surface area contributed by atoms with Crippen LogP contribution in [0.2, 0.25) is 0 Å². The van der Waals surface area contributed by atoms with E-state index in [2.05, 4.69) is 16.4 Å². The summed E-state index contributed by atoms with van der Waals surface area (Å²) >= 11 is 0. The average molecular weight is 347 g/mol. The number of carbonyl (C=O) groups excluding carboxylic acids is 1. The topological polar surface area (TPSA) is 64.0 Å². The smallest absolute Gasteiger partial charge is 0.261 e. The number of aromatic nitrogens is 2. The molecule has 0 fully saturated rings. The SMILES string of the molecule is Cc1cccc2c(=O)n(CC(=O)Nc3cccc4c3CCCC4)cnc12. The minimum Gasteiger partial charge on any atom is -0.324 e. The van der Waals surface area contributed by atoms with Crippen LogP contribution >= 0.6 is 0 Å². The van der Waals surface area contributed by atoms with E-state index in [-0.39, 0.29) is 18.0 Å². The van der Waals surface area contributed by atoms with Crippen molar-refractivity contribution in [1.29, 1.82) is 0 Å². The van der Waals surface area contributed by atoms with Crippen LogP contribution in [-0.4, -0.2) is 15.5 Å². The Morgan fingerprint density at radius 2 is 1.96 bits per heavy atom. The summed E-state index contributed by atoms with van der Waals surface area (Å²) in [5.74, 6) is -0.208. The molecule has 2 aromatic carbocycles. The van der Waals surface area contributed by atoms with Gasteiger partial charge in [0.25, 0.3) is 5.56 Å². The van der Waals surface area contributed by atoms with Gasteiger partial charge in [0.05, 0.1) is 17.2 Å². The van der Waals surface area contributed by atoms with Crippen LogP contribution in [0.15, 0.2) is 47.5 Å². The van der Waals surface area contributed by atoms with Crippen molar-refractivity contribution in [2.24, 2.45) is 0 Å². The van der Waals surface area contributed by atoms with E-state index >= 15 is 0 Å². The molecule has 132 valence electrons. The lowest BCUT2D eigenvalue weighted by molar-refractivity contribution is -0.116. The number of aryl methyl sites for hydroxylation is 2. The Bertz CT molecular complexity index is 1050. The zero-order valence-electron chi connectivity index (χ0n) is 14.8. The van der Waals surface area contributed by atoms with Gasteiger partial charge in [0.2, 0.25) is 5.91 Å². The monoisotopic (exact) mass is 347 g/mol. The molecule has 0 spiro atoms. The van der Waals surface area contributed by atoms with E-state index in [4.69, 9.17) is 0 Å². The van der Waals surface area contributed by atoms with E-state index in [1.807, 2.05) is 31.2 Å². The van der Waals surface area contributed by atoms with Crippen molar-refractivity contribution < 1.29 is 4.79 Å². The summed E-state index contributed by atoms with van der Waals surface area (Å²) < 4.78 is 1.37. The summed E-state index contributed by atoms with van der Waals surface area (Å²) in [4.78, 5) is 29.5. The quantitative estimate of drug-likeness (QED) is 0.791. The van der Waals surface area contributed by atoms with Gasteiger partial charge in [0.15, 0.2) is 0 Å². The number of amides is 1. The normalized spacial score (nSPS) is 13.4. The molecule has 1 aromatic heterocycles. The molecule has 0 unspecified atom stereocenters. The maximum Gasteiger partial charge on any atom is 0.261 e. The summed E-state index contributed by atoms with van der Waals surface area (Å²) in [6, 6.07) is 11.6. The molecule has 4 rings (SSSR count). The van der Waals surface area contributed by atoms with Crippen LogP contribution in [0, 0.1) is 6.92 Å². The van der Waals surface area contributed by atoms with Crippen molar-refractivity contribution in [3.05, 3.63) is 69.8 Å². The molecule has 1 N–H and O–H groups in total. The van der Waals surface area contributed by atoms with Gasteiger partial charge in [-0.1, -0.05) is 24.3 Å². The van der Waals surface area contributed by atoms with Gasteiger partial charge in [-0.3, -0.25) is 14.2 Å². The van der Waals surface area contributed by atoms with Gasteiger partial charge in [-0.15, -0.1) is 0 Å². The summed E-state index contributed by atoms with van der Waals surface area (Å²) in [7, 11) is 0. The lowest BCUT2D eigenvalue weighted by Crippen LogP contribution is -2.28. The van der Waals surface area contributed by atoms with Gasteiger partial charge < -0.3 is 5.32 Å². The average Bonchev–Trinajstić information content (AvgIpc) is 2.65. The molecule has 0 aliphatic heterocycles. The summed E-state index contributed by atoms with van der Waals surface area (Å²) in [5.41, 5.74) is 4.85. The molecular weight excluding hydrogens is 326 g/mol. The molecular formula is C21H21N3O2. The molecule has 5 nitrogen and oxygen atoms in total. The second-order valence-electron chi connectivity index (χ2n) is 6.85. The maximum absolute atomic E-state index is 12.6. The summed E-state index contributed by atoms with van der Waals surface area (Å²) in [6.45, 7) is 1.88. The number of hydrogen-bond donors (Lipinski definition) is 1. The van der Waals surface area contributed by atoms with Gasteiger partial charge in [0, 0.05) is 5.69 Å². The minimum absolute atomic E-state index is 0.0423. The van der Waals surface area contributed by atoms with Gasteiger partial charge in [-0.2, -0.15) is 0 Å². The molecule has 1 heterocycles. The number of benzene rings is 2. The lowest BCUT2D eigenvalue weighted by atomic mass is 9.90. The number of nitrogens with one attached hydrogen (secondary N) is 1. The van der Waals surface area contributed by atoms with Gasteiger partial charge in [0.1, 0.15) is 6.54 Å². The zero-order valence-corrected chi connectivity index (χ0v) is 14.8. The van der Waals surface area contributed by atoms with Crippen molar-refractivity contribution in [3.8, 4) is 0 Å². The molecule has 0 saturated carbocycles. The number of fused-ring (bicyclic) bond motifs is 2. The number of rotatable bonds is 3. The first kappa shape index (κ1) is 16.5. The van der Waals surface area contributed by atoms with Gasteiger partial charge in [-0.25, -0.2) is 4.98 Å². The summed E-state index contributed by atoms with van der Waals surface area (Å²) in [6.07, 6.45) is 5.85. The number of nitrogens with zero attached hydrogens (tertiary/aromatic N) is 2. The third-order valence-electron chi connectivity index (χ3n) is 5.04. The zero-order chi connectivity index (χ0) is 18.1. The summed E-state index contributed by atoms with van der Waals surface area (Å²) in [5, 5.41) is 3.52. The molecule has 0 saturated heterocycles. The van der Waals surface area contributed by atoms with Crippen LogP contribution in [0.4, 0.5) is 5.69 Å². The number of para-hydroxylation sites is 1. The van der Waals surface area contributed by atoms with Crippen molar-refractivity contribution in [2.75, 3.05) is 5.32 Å². The van der Waals surface area contributed by atoms with Crippen LogP contribution in [-0.2, 0) is 24.2 Å². The fourth-order valence-electron chi connectivity index (χ4n) is 3.69. The predicted octanol–water partition coefficient (Wildman–Crippen LogP) is 3.22. The first-order valence-electron chi connectivity index (χ1n) is 8.99. The number of carbonyl (C=O) groups is 1. The fraction of sp³-hybridized carbons (Fsp3) is 0.286. The second kappa shape index (κ2) is 6.75. The van der Waals surface area contributed by atoms with Gasteiger partial charge >= 0.3 is 0 Å². The van der Waals surface area contributed by atoms with Crippen LogP contribution < -0.4 is 10.9 Å². The van der Waals surface area contributed by atoms with E-state index in [9.17, 15) is 9.59 Å². The molecule has 26 heavy (non-hydrogen) atoms. The fourth-order valence-corrected chi connectivity index (χ4v) is 3.69. The molecule has 1 amide bonds. The van der Waals surface area contributed by atoms with Crippen molar-refractivity contribution in [3.63, 3.8) is 0 Å². The third-order valence-corrected chi connectivity index (χ3v) is 5.04. The highest BCUT2D eigenvalue weighted by Gasteiger charge is 2.15. The Kier molecular flexibility index (Phi) is 4.29. The predicted molar refractivity (Wildman–Crippen MR) is 102 cm³/mol. The van der Waals surface area contributed by atoms with Crippen LogP contribution in [0.3, 0.4) is 0 Å². The molecule has 1 aliphatic carbocycles. The first-order chi connectivity index (χ1) is 12.6. The second-order valence-corrected chi connectivity index (χ2v) is 6.85. The van der Waals surface area contributed by atoms with E-state index in [1.165, 1.54) is 28.4 Å². The Labute approximate surface area is 151 Å². The number of anilines is 1. The van der Waals surface area contributed by atoms with Crippen molar-refractivity contribution in [2.45, 2.75) is 39.2 Å². The molecule has 3 aromatic rings. The van der Waals surface area contributed by atoms with Crippen LogP contribution in [0.25, 0.3) is 10.9 Å². The highest BCUT2D eigenvalue weighted by atomic mass is 16.2. The Morgan fingerprint density at radius 1 is 1.15 bits per heavy atom. The molecule has 1 aliphatic rings. The highest BCUT2D eigenvalue weighted by molar-refractivity contribution is 5.92.